The van der Waals surface area contributed by atoms with E-state index in [0.29, 0.717) is 0 Å². The van der Waals surface area contributed by atoms with Crippen LogP contribution >= 0.6 is 0 Å². The molecule has 3 aromatic rings. The number of hydrogen-bond donors (Lipinski definition) is 0. The van der Waals surface area contributed by atoms with Gasteiger partial charge in [0.25, 0.3) is 0 Å². The van der Waals surface area contributed by atoms with Crippen molar-refractivity contribution in [3.63, 3.8) is 0 Å². The van der Waals surface area contributed by atoms with Crippen molar-refractivity contribution in [2.24, 2.45) is 0 Å². The molecule has 0 aliphatic heterocycles. The van der Waals surface area contributed by atoms with Crippen molar-refractivity contribution < 1.29 is 4.74 Å². The minimum atomic E-state index is -0.625. The maximum absolute atomic E-state index is 6.41. The molecule has 0 fully saturated rings. The molecule has 23 heavy (non-hydrogen) atoms. The Bertz CT molecular complexity index is 608. The molecule has 0 saturated heterocycles. The predicted molar refractivity (Wildman–Crippen MR) is 94.9 cm³/mol. The van der Waals surface area contributed by atoms with Crippen LogP contribution in [0.15, 0.2) is 91.0 Å². The Morgan fingerprint density at radius 1 is 0.652 bits per heavy atom. The Kier molecular flexibility index (Phi) is 4.89. The topological polar surface area (TPSA) is 9.23 Å². The van der Waals surface area contributed by atoms with Gasteiger partial charge in [0.1, 0.15) is 5.60 Å². The second-order valence-electron chi connectivity index (χ2n) is 5.47. The summed E-state index contributed by atoms with van der Waals surface area (Å²) < 4.78 is 6.41. The van der Waals surface area contributed by atoms with E-state index in [9.17, 15) is 0 Å². The first-order valence-corrected chi connectivity index (χ1v) is 8.04. The minimum absolute atomic E-state index is 0.625. The van der Waals surface area contributed by atoms with E-state index in [2.05, 4.69) is 79.7 Å². The summed E-state index contributed by atoms with van der Waals surface area (Å²) in [5, 5.41) is 0. The van der Waals surface area contributed by atoms with Gasteiger partial charge in [0.2, 0.25) is 0 Å². The van der Waals surface area contributed by atoms with E-state index in [-0.39, 0.29) is 0 Å². The van der Waals surface area contributed by atoms with Crippen LogP contribution in [0, 0.1) is 6.61 Å². The van der Waals surface area contributed by atoms with Crippen molar-refractivity contribution >= 4 is 0 Å². The van der Waals surface area contributed by atoms with Crippen LogP contribution in [0.3, 0.4) is 0 Å². The largest absolute Gasteiger partial charge is 0.355 e. The molecule has 3 rings (SSSR count). The van der Waals surface area contributed by atoms with Crippen molar-refractivity contribution in [2.75, 3.05) is 0 Å². The Balaban J connectivity index is 2.25. The van der Waals surface area contributed by atoms with Crippen LogP contribution in [0.2, 0.25) is 0 Å². The van der Waals surface area contributed by atoms with Crippen LogP contribution in [-0.4, -0.2) is 0 Å². The average molecular weight is 301 g/mol. The van der Waals surface area contributed by atoms with Crippen LogP contribution in [0.4, 0.5) is 0 Å². The molecule has 1 radical (unpaired) electrons. The molecule has 0 aromatic heterocycles. The fraction of sp³-hybridized carbons (Fsp3) is 0.136. The zero-order chi connectivity index (χ0) is 16.0. The molecule has 0 N–H and O–H groups in total. The summed E-state index contributed by atoms with van der Waals surface area (Å²) in [6, 6.07) is 31.2. The molecule has 0 aliphatic carbocycles. The molecule has 0 aliphatic rings. The molecule has 0 saturated carbocycles. The van der Waals surface area contributed by atoms with Gasteiger partial charge in [-0.25, -0.2) is 0 Å². The number of benzene rings is 3. The van der Waals surface area contributed by atoms with Crippen LogP contribution in [0.1, 0.15) is 30.0 Å². The third-order valence-electron chi connectivity index (χ3n) is 3.97. The second kappa shape index (κ2) is 7.26. The second-order valence-corrected chi connectivity index (χ2v) is 5.47. The zero-order valence-corrected chi connectivity index (χ0v) is 13.4. The van der Waals surface area contributed by atoms with Crippen molar-refractivity contribution in [3.8, 4) is 0 Å². The fourth-order valence-corrected chi connectivity index (χ4v) is 2.93. The fourth-order valence-electron chi connectivity index (χ4n) is 2.93. The van der Waals surface area contributed by atoms with Gasteiger partial charge in [-0.2, -0.15) is 0 Å². The molecule has 1 heteroatoms. The first-order chi connectivity index (χ1) is 11.4. The quantitative estimate of drug-likeness (QED) is 0.541. The molecular weight excluding hydrogens is 280 g/mol. The summed E-state index contributed by atoms with van der Waals surface area (Å²) in [6.45, 7) is 3.98. The van der Waals surface area contributed by atoms with Gasteiger partial charge in [-0.1, -0.05) is 97.9 Å². The summed E-state index contributed by atoms with van der Waals surface area (Å²) in [7, 11) is 0. The first-order valence-electron chi connectivity index (χ1n) is 8.04. The van der Waals surface area contributed by atoms with Crippen molar-refractivity contribution in [1.29, 1.82) is 0 Å². The highest BCUT2D eigenvalue weighted by molar-refractivity contribution is 5.47. The van der Waals surface area contributed by atoms with Gasteiger partial charge in [0.15, 0.2) is 0 Å². The SMILES string of the molecule is CC[CH]OC(c1ccccc1)(c1ccccc1)c1ccccc1. The number of hydrogen-bond acceptors (Lipinski definition) is 1. The summed E-state index contributed by atoms with van der Waals surface area (Å²) in [5.74, 6) is 0. The highest BCUT2D eigenvalue weighted by Crippen LogP contribution is 2.40. The molecule has 0 amide bonds. The highest BCUT2D eigenvalue weighted by atomic mass is 16.5. The maximum atomic E-state index is 6.41. The lowest BCUT2D eigenvalue weighted by Gasteiger charge is -2.35. The van der Waals surface area contributed by atoms with Gasteiger partial charge in [0, 0.05) is 0 Å². The van der Waals surface area contributed by atoms with E-state index in [1.807, 2.05) is 24.8 Å². The van der Waals surface area contributed by atoms with Crippen molar-refractivity contribution in [1.82, 2.24) is 0 Å². The molecule has 3 aromatic carbocycles. The third kappa shape index (κ3) is 3.06. The van der Waals surface area contributed by atoms with Crippen LogP contribution < -0.4 is 0 Å². The Hall–Kier alpha value is -2.38. The highest BCUT2D eigenvalue weighted by Gasteiger charge is 2.37. The molecule has 115 valence electrons. The molecule has 0 unspecified atom stereocenters. The summed E-state index contributed by atoms with van der Waals surface area (Å²) in [5.41, 5.74) is 2.76. The van der Waals surface area contributed by atoms with Crippen molar-refractivity contribution in [2.45, 2.75) is 18.9 Å². The lowest BCUT2D eigenvalue weighted by atomic mass is 9.80. The zero-order valence-electron chi connectivity index (χ0n) is 13.4. The lowest BCUT2D eigenvalue weighted by Crippen LogP contribution is -2.32. The van der Waals surface area contributed by atoms with E-state index in [0.717, 1.165) is 23.1 Å². The van der Waals surface area contributed by atoms with E-state index in [1.165, 1.54) is 0 Å². The lowest BCUT2D eigenvalue weighted by molar-refractivity contribution is 0.0585. The average Bonchev–Trinajstić information content (AvgIpc) is 2.65. The van der Waals surface area contributed by atoms with E-state index < -0.39 is 5.60 Å². The van der Waals surface area contributed by atoms with Gasteiger partial charge < -0.3 is 4.74 Å². The number of rotatable bonds is 6. The Morgan fingerprint density at radius 3 is 1.30 bits per heavy atom. The number of ether oxygens (including phenoxy) is 1. The van der Waals surface area contributed by atoms with Crippen LogP contribution in [0.5, 0.6) is 0 Å². The van der Waals surface area contributed by atoms with Crippen molar-refractivity contribution in [3.05, 3.63) is 114 Å². The third-order valence-corrected chi connectivity index (χ3v) is 3.97. The Morgan fingerprint density at radius 2 is 1.00 bits per heavy atom. The summed E-state index contributed by atoms with van der Waals surface area (Å²) >= 11 is 0. The monoisotopic (exact) mass is 301 g/mol. The van der Waals surface area contributed by atoms with E-state index in [1.54, 1.807) is 0 Å². The molecule has 0 bridgehead atoms. The molecule has 0 spiro atoms. The first kappa shape index (κ1) is 15.5. The smallest absolute Gasteiger partial charge is 0.144 e. The molecule has 0 heterocycles. The van der Waals surface area contributed by atoms with Gasteiger partial charge >= 0.3 is 0 Å². The van der Waals surface area contributed by atoms with Gasteiger partial charge in [-0.05, 0) is 23.1 Å². The molecule has 1 nitrogen and oxygen atoms in total. The van der Waals surface area contributed by atoms with Gasteiger partial charge in [-0.3, -0.25) is 0 Å². The predicted octanol–water partition coefficient (Wildman–Crippen LogP) is 5.57. The maximum Gasteiger partial charge on any atom is 0.144 e. The standard InChI is InChI=1S/C22H21O/c1-2-18-23-22(19-12-6-3-7-13-19,20-14-8-4-9-15-20)21-16-10-5-11-17-21/h3-18H,2H2,1H3. The van der Waals surface area contributed by atoms with E-state index in [4.69, 9.17) is 4.74 Å². The Labute approximate surface area is 138 Å². The molecule has 0 atom stereocenters. The summed E-state index contributed by atoms with van der Waals surface area (Å²) in [4.78, 5) is 0. The van der Waals surface area contributed by atoms with Crippen LogP contribution in [-0.2, 0) is 10.3 Å². The van der Waals surface area contributed by atoms with E-state index >= 15 is 0 Å². The minimum Gasteiger partial charge on any atom is -0.355 e. The normalized spacial score (nSPS) is 11.3. The summed E-state index contributed by atoms with van der Waals surface area (Å²) in [6.07, 6.45) is 0.855. The van der Waals surface area contributed by atoms with Gasteiger partial charge in [-0.15, -0.1) is 0 Å². The van der Waals surface area contributed by atoms with Crippen LogP contribution in [0.25, 0.3) is 0 Å². The molecular formula is C22H21O. The van der Waals surface area contributed by atoms with Gasteiger partial charge in [0.05, 0.1) is 6.61 Å².